The van der Waals surface area contributed by atoms with Gasteiger partial charge < -0.3 is 15.2 Å². The van der Waals surface area contributed by atoms with Gasteiger partial charge in [-0.05, 0) is 44.0 Å². The first kappa shape index (κ1) is 15.2. The molecule has 3 nitrogen and oxygen atoms in total. The number of anilines is 1. The van der Waals surface area contributed by atoms with Gasteiger partial charge in [0.15, 0.2) is 0 Å². The van der Waals surface area contributed by atoms with Crippen LogP contribution in [0, 0.1) is 20.8 Å². The van der Waals surface area contributed by atoms with Gasteiger partial charge in [-0.1, -0.05) is 29.8 Å². The van der Waals surface area contributed by atoms with Crippen molar-refractivity contribution in [1.29, 1.82) is 0 Å². The van der Waals surface area contributed by atoms with Gasteiger partial charge >= 0.3 is 0 Å². The summed E-state index contributed by atoms with van der Waals surface area (Å²) in [6.45, 7) is 7.49. The zero-order valence-corrected chi connectivity index (χ0v) is 13.0. The molecule has 0 aliphatic rings. The van der Waals surface area contributed by atoms with Gasteiger partial charge in [0.2, 0.25) is 0 Å². The Labute approximate surface area is 126 Å². The zero-order chi connectivity index (χ0) is 15.2. The summed E-state index contributed by atoms with van der Waals surface area (Å²) in [4.78, 5) is 0. The molecule has 0 atom stereocenters. The van der Waals surface area contributed by atoms with Crippen LogP contribution in [0.25, 0.3) is 0 Å². The Morgan fingerprint density at radius 3 is 2.19 bits per heavy atom. The molecular weight excluding hydrogens is 262 g/mol. The van der Waals surface area contributed by atoms with E-state index in [1.54, 1.807) is 0 Å². The second-order valence-electron chi connectivity index (χ2n) is 5.32. The van der Waals surface area contributed by atoms with Gasteiger partial charge in [0.05, 0.1) is 18.9 Å². The van der Waals surface area contributed by atoms with Crippen molar-refractivity contribution >= 4 is 5.69 Å². The fraction of sp³-hybridized carbons (Fsp3) is 0.333. The monoisotopic (exact) mass is 285 g/mol. The zero-order valence-electron chi connectivity index (χ0n) is 13.0. The summed E-state index contributed by atoms with van der Waals surface area (Å²) in [5.41, 5.74) is 10.1. The highest BCUT2D eigenvalue weighted by atomic mass is 16.5. The molecular formula is C18H23NO2. The molecule has 0 radical (unpaired) electrons. The molecule has 112 valence electrons. The number of hydrogen-bond acceptors (Lipinski definition) is 3. The van der Waals surface area contributed by atoms with Crippen molar-refractivity contribution in [2.45, 2.75) is 27.2 Å². The van der Waals surface area contributed by atoms with E-state index in [0.29, 0.717) is 18.9 Å². The number of benzene rings is 2. The molecule has 0 saturated carbocycles. The van der Waals surface area contributed by atoms with E-state index in [9.17, 15) is 0 Å². The first-order chi connectivity index (χ1) is 10.1. The first-order valence-corrected chi connectivity index (χ1v) is 7.26. The van der Waals surface area contributed by atoms with E-state index in [1.807, 2.05) is 24.3 Å². The van der Waals surface area contributed by atoms with Gasteiger partial charge in [0.25, 0.3) is 0 Å². The Hall–Kier alpha value is -2.16. The van der Waals surface area contributed by atoms with Crippen LogP contribution in [0.4, 0.5) is 5.69 Å². The average molecular weight is 285 g/mol. The second-order valence-corrected chi connectivity index (χ2v) is 5.32. The first-order valence-electron chi connectivity index (χ1n) is 7.26. The predicted octanol–water partition coefficient (Wildman–Crippen LogP) is 4.04. The number of hydrogen-bond donors (Lipinski definition) is 1. The minimum Gasteiger partial charge on any atom is -0.493 e. The third-order valence-corrected chi connectivity index (χ3v) is 3.32. The molecule has 2 rings (SSSR count). The lowest BCUT2D eigenvalue weighted by molar-refractivity contribution is 0.246. The Balaban J connectivity index is 1.79. The summed E-state index contributed by atoms with van der Waals surface area (Å²) in [5.74, 6) is 1.72. The van der Waals surface area contributed by atoms with Crippen molar-refractivity contribution in [1.82, 2.24) is 0 Å². The third kappa shape index (κ3) is 4.15. The molecule has 0 spiro atoms. The lowest BCUT2D eigenvalue weighted by atomic mass is 10.1. The highest BCUT2D eigenvalue weighted by Gasteiger charge is 2.05. The fourth-order valence-corrected chi connectivity index (χ4v) is 2.42. The molecule has 2 N–H and O–H groups in total. The normalized spacial score (nSPS) is 10.4. The summed E-state index contributed by atoms with van der Waals surface area (Å²) < 4.78 is 11.5. The minimum absolute atomic E-state index is 0.595. The van der Waals surface area contributed by atoms with Crippen molar-refractivity contribution in [3.63, 3.8) is 0 Å². The molecule has 21 heavy (non-hydrogen) atoms. The summed E-state index contributed by atoms with van der Waals surface area (Å²) >= 11 is 0. The molecule has 2 aromatic rings. The number of nitrogen functional groups attached to an aromatic ring is 1. The second kappa shape index (κ2) is 7.02. The maximum atomic E-state index is 5.88. The van der Waals surface area contributed by atoms with Crippen LogP contribution in [0.3, 0.4) is 0 Å². The Morgan fingerprint density at radius 1 is 0.905 bits per heavy atom. The summed E-state index contributed by atoms with van der Waals surface area (Å²) in [6, 6.07) is 11.8. The van der Waals surface area contributed by atoms with Gasteiger partial charge in [-0.2, -0.15) is 0 Å². The average Bonchev–Trinajstić information content (AvgIpc) is 2.42. The van der Waals surface area contributed by atoms with Gasteiger partial charge in [-0.3, -0.25) is 0 Å². The fourth-order valence-electron chi connectivity index (χ4n) is 2.42. The lowest BCUT2D eigenvalue weighted by Gasteiger charge is -2.13. The minimum atomic E-state index is 0.595. The van der Waals surface area contributed by atoms with E-state index in [1.165, 1.54) is 16.7 Å². The Morgan fingerprint density at radius 2 is 1.52 bits per heavy atom. The van der Waals surface area contributed by atoms with E-state index in [0.717, 1.165) is 17.9 Å². The molecule has 3 heteroatoms. The maximum Gasteiger partial charge on any atom is 0.142 e. The smallest absolute Gasteiger partial charge is 0.142 e. The van der Waals surface area contributed by atoms with Crippen LogP contribution in [-0.4, -0.2) is 13.2 Å². The molecule has 2 aromatic carbocycles. The van der Waals surface area contributed by atoms with E-state index >= 15 is 0 Å². The predicted molar refractivity (Wildman–Crippen MR) is 87.1 cm³/mol. The molecule has 0 heterocycles. The number of para-hydroxylation sites is 2. The lowest BCUT2D eigenvalue weighted by Crippen LogP contribution is -2.07. The molecule has 0 aliphatic carbocycles. The topological polar surface area (TPSA) is 44.5 Å². The van der Waals surface area contributed by atoms with E-state index < -0.39 is 0 Å². The standard InChI is InChI=1S/C18H23NO2/c1-13-11-14(2)18(15(3)12-13)21-10-6-9-20-17-8-5-4-7-16(17)19/h4-5,7-8,11-12H,6,9-10,19H2,1-3H3. The number of nitrogens with two attached hydrogens (primary N) is 1. The highest BCUT2D eigenvalue weighted by Crippen LogP contribution is 2.24. The quantitative estimate of drug-likeness (QED) is 0.643. The molecule has 0 aromatic heterocycles. The molecule has 0 bridgehead atoms. The molecule has 0 amide bonds. The number of aryl methyl sites for hydroxylation is 3. The molecule has 0 fully saturated rings. The number of ether oxygens (including phenoxy) is 2. The SMILES string of the molecule is Cc1cc(C)c(OCCCOc2ccccc2N)c(C)c1. The van der Waals surface area contributed by atoms with Crippen LogP contribution in [0.1, 0.15) is 23.1 Å². The van der Waals surface area contributed by atoms with Crippen molar-refractivity contribution in [3.8, 4) is 11.5 Å². The largest absolute Gasteiger partial charge is 0.493 e. The van der Waals surface area contributed by atoms with Crippen LogP contribution in [0.5, 0.6) is 11.5 Å². The van der Waals surface area contributed by atoms with Crippen LogP contribution in [0.2, 0.25) is 0 Å². The Bertz CT molecular complexity index is 585. The van der Waals surface area contributed by atoms with Crippen molar-refractivity contribution in [2.75, 3.05) is 18.9 Å². The van der Waals surface area contributed by atoms with Gasteiger partial charge in [-0.25, -0.2) is 0 Å². The molecule has 0 unspecified atom stereocenters. The van der Waals surface area contributed by atoms with Crippen LogP contribution < -0.4 is 15.2 Å². The van der Waals surface area contributed by atoms with Crippen LogP contribution in [0.15, 0.2) is 36.4 Å². The van der Waals surface area contributed by atoms with Crippen molar-refractivity contribution < 1.29 is 9.47 Å². The summed E-state index contributed by atoms with van der Waals surface area (Å²) in [6.07, 6.45) is 0.821. The highest BCUT2D eigenvalue weighted by molar-refractivity contribution is 5.51. The molecule has 0 saturated heterocycles. The molecule has 0 aliphatic heterocycles. The Kier molecular flexibility index (Phi) is 5.09. The summed E-state index contributed by atoms with van der Waals surface area (Å²) in [7, 11) is 0. The van der Waals surface area contributed by atoms with Crippen molar-refractivity contribution in [2.24, 2.45) is 0 Å². The van der Waals surface area contributed by atoms with Gasteiger partial charge in [0, 0.05) is 6.42 Å². The van der Waals surface area contributed by atoms with Crippen LogP contribution in [-0.2, 0) is 0 Å². The maximum absolute atomic E-state index is 5.88. The third-order valence-electron chi connectivity index (χ3n) is 3.32. The van der Waals surface area contributed by atoms with Crippen LogP contribution >= 0.6 is 0 Å². The van der Waals surface area contributed by atoms with E-state index in [-0.39, 0.29) is 0 Å². The van der Waals surface area contributed by atoms with Crippen molar-refractivity contribution in [3.05, 3.63) is 53.1 Å². The van der Waals surface area contributed by atoms with E-state index in [4.69, 9.17) is 15.2 Å². The van der Waals surface area contributed by atoms with E-state index in [2.05, 4.69) is 32.9 Å². The van der Waals surface area contributed by atoms with Gasteiger partial charge in [-0.15, -0.1) is 0 Å². The summed E-state index contributed by atoms with van der Waals surface area (Å²) in [5, 5.41) is 0. The number of rotatable bonds is 6. The van der Waals surface area contributed by atoms with Gasteiger partial charge in [0.1, 0.15) is 11.5 Å².